The first-order chi connectivity index (χ1) is 4.47. The number of fused-ring (bicyclic) bond motifs is 1. The van der Waals surface area contributed by atoms with Crippen LogP contribution in [0.1, 0.15) is 0 Å². The Labute approximate surface area is 86.2 Å². The smallest absolute Gasteiger partial charge is 0.264 e. The van der Waals surface area contributed by atoms with Gasteiger partial charge in [-0.05, 0) is 0 Å². The predicted octanol–water partition coefficient (Wildman–Crippen LogP) is -0.295. The van der Waals surface area contributed by atoms with E-state index in [2.05, 4.69) is 22.9 Å². The first-order valence-corrected chi connectivity index (χ1v) is 3.69. The van der Waals surface area contributed by atoms with Gasteiger partial charge in [-0.3, -0.25) is 11.3 Å². The van der Waals surface area contributed by atoms with Gasteiger partial charge in [-0.1, -0.05) is 11.4 Å². The van der Waals surface area contributed by atoms with Crippen LogP contribution >= 0.6 is 11.3 Å². The van der Waals surface area contributed by atoms with Crippen molar-refractivity contribution in [3.05, 3.63) is 35.0 Å². The van der Waals surface area contributed by atoms with E-state index in [0.717, 1.165) is 0 Å². The Bertz CT molecular complexity index is 283. The van der Waals surface area contributed by atoms with E-state index < -0.39 is 0 Å². The van der Waals surface area contributed by atoms with E-state index in [1.807, 2.05) is 12.1 Å². The zero-order chi connectivity index (χ0) is 6.10. The molecule has 0 nitrogen and oxygen atoms in total. The summed E-state index contributed by atoms with van der Waals surface area (Å²) in [7, 11) is 0. The summed E-state index contributed by atoms with van der Waals surface area (Å²) >= 11 is 1.63. The summed E-state index contributed by atoms with van der Waals surface area (Å²) in [6.07, 6.45) is 0. The van der Waals surface area contributed by atoms with Gasteiger partial charge in [0, 0.05) is 0 Å². The van der Waals surface area contributed by atoms with Crippen LogP contribution in [0.3, 0.4) is 0 Å². The molecule has 2 aromatic rings. The first kappa shape index (κ1) is 8.28. The molecule has 0 aliphatic heterocycles. The van der Waals surface area contributed by atoms with Crippen LogP contribution in [0.15, 0.2) is 29.6 Å². The van der Waals surface area contributed by atoms with Gasteiger partial charge >= 0.3 is 29.6 Å². The quantitative estimate of drug-likeness (QED) is 0.363. The van der Waals surface area contributed by atoms with Crippen molar-refractivity contribution in [1.82, 2.24) is 0 Å². The van der Waals surface area contributed by atoms with Gasteiger partial charge in [0.1, 0.15) is 0 Å². The number of rotatable bonds is 0. The molecule has 0 aliphatic rings. The number of benzene rings is 1. The Morgan fingerprint density at radius 3 is 2.80 bits per heavy atom. The third kappa shape index (κ3) is 1.43. The average Bonchev–Trinajstić information content (AvgIpc) is 2.33. The zero-order valence-corrected chi connectivity index (χ0v) is 8.61. The Morgan fingerprint density at radius 2 is 2.00 bits per heavy atom. The molecule has 10 heavy (non-hydrogen) atoms. The molecule has 2 rings (SSSR count). The second kappa shape index (κ2) is 3.54. The fourth-order valence-corrected chi connectivity index (χ4v) is 1.55. The minimum absolute atomic E-state index is 0. The van der Waals surface area contributed by atoms with Gasteiger partial charge in [0.05, 0.1) is 0 Å². The molecule has 0 N–H and O–H groups in total. The Hall–Kier alpha value is 0.180. The van der Waals surface area contributed by atoms with Gasteiger partial charge < -0.3 is 0 Å². The van der Waals surface area contributed by atoms with E-state index >= 15 is 0 Å². The fourth-order valence-electron chi connectivity index (χ4n) is 0.849. The van der Waals surface area contributed by atoms with Crippen LogP contribution in [0.4, 0.5) is 0 Å². The van der Waals surface area contributed by atoms with Crippen molar-refractivity contribution in [2.75, 3.05) is 0 Å². The molecule has 1 aromatic carbocycles. The topological polar surface area (TPSA) is 0 Å². The minimum atomic E-state index is 0. The maximum atomic E-state index is 3.16. The van der Waals surface area contributed by atoms with Crippen molar-refractivity contribution >= 4 is 22.1 Å². The van der Waals surface area contributed by atoms with Crippen molar-refractivity contribution in [1.29, 1.82) is 0 Å². The van der Waals surface area contributed by atoms with Crippen LogP contribution in [0, 0.1) is 5.38 Å². The molecule has 1 heterocycles. The van der Waals surface area contributed by atoms with E-state index in [4.69, 9.17) is 0 Å². The predicted molar refractivity (Wildman–Crippen MR) is 40.7 cm³/mol. The molecule has 0 saturated heterocycles. The van der Waals surface area contributed by atoms with Gasteiger partial charge in [0.25, 0.3) is 0 Å². The number of hydrogen-bond donors (Lipinski definition) is 0. The number of hydrogen-bond acceptors (Lipinski definition) is 1. The minimum Gasteiger partial charge on any atom is -0.264 e. The molecule has 0 unspecified atom stereocenters. The van der Waals surface area contributed by atoms with Crippen molar-refractivity contribution in [3.8, 4) is 0 Å². The summed E-state index contributed by atoms with van der Waals surface area (Å²) in [5.41, 5.74) is 0. The summed E-state index contributed by atoms with van der Waals surface area (Å²) < 4.78 is 0. The maximum absolute atomic E-state index is 3.16. The second-order valence-corrected chi connectivity index (χ2v) is 2.60. The van der Waals surface area contributed by atoms with E-state index in [-0.39, 0.29) is 29.6 Å². The van der Waals surface area contributed by atoms with Crippen LogP contribution in [-0.2, 0) is 0 Å². The molecule has 0 bridgehead atoms. The van der Waals surface area contributed by atoms with Gasteiger partial charge in [0.15, 0.2) is 0 Å². The Balaban J connectivity index is 0.000000500. The molecule has 0 spiro atoms. The van der Waals surface area contributed by atoms with E-state index in [9.17, 15) is 0 Å². The third-order valence-electron chi connectivity index (χ3n) is 1.32. The molecule has 0 atom stereocenters. The van der Waals surface area contributed by atoms with Crippen molar-refractivity contribution in [3.63, 3.8) is 0 Å². The first-order valence-electron chi connectivity index (χ1n) is 2.81. The molecule has 0 fully saturated rings. The number of thiophene rings is 1. The Kier molecular flexibility index (Phi) is 2.93. The molecular weight excluding hydrogens is 151 g/mol. The van der Waals surface area contributed by atoms with E-state index in [1.165, 1.54) is 10.8 Å². The van der Waals surface area contributed by atoms with Gasteiger partial charge in [-0.15, -0.1) is 34.4 Å². The average molecular weight is 156 g/mol. The van der Waals surface area contributed by atoms with E-state index in [1.54, 1.807) is 11.3 Å². The molecule has 2 heteroatoms. The third-order valence-corrected chi connectivity index (χ3v) is 2.03. The van der Waals surface area contributed by atoms with Crippen LogP contribution in [0.25, 0.3) is 10.8 Å². The summed E-state index contributed by atoms with van der Waals surface area (Å²) in [4.78, 5) is 0. The van der Waals surface area contributed by atoms with Crippen LogP contribution in [0.2, 0.25) is 0 Å². The maximum Gasteiger partial charge on any atom is 1.00 e. The fraction of sp³-hybridized carbons (Fsp3) is 0. The molecule has 1 aromatic heterocycles. The van der Waals surface area contributed by atoms with Gasteiger partial charge in [-0.2, -0.15) is 0 Å². The summed E-state index contributed by atoms with van der Waals surface area (Å²) in [6, 6.07) is 8.25. The largest absolute Gasteiger partial charge is 1.00 e. The molecule has 0 radical (unpaired) electrons. The second-order valence-electron chi connectivity index (χ2n) is 1.93. The molecule has 0 aliphatic carbocycles. The molecule has 0 amide bonds. The van der Waals surface area contributed by atoms with Crippen molar-refractivity contribution in [2.24, 2.45) is 0 Å². The summed E-state index contributed by atoms with van der Waals surface area (Å²) in [6.45, 7) is 0. The van der Waals surface area contributed by atoms with E-state index in [0.29, 0.717) is 0 Å². The van der Waals surface area contributed by atoms with Gasteiger partial charge in [0.2, 0.25) is 0 Å². The monoisotopic (exact) mass is 156 g/mol. The van der Waals surface area contributed by atoms with Crippen LogP contribution in [0.5, 0.6) is 0 Å². The van der Waals surface area contributed by atoms with Crippen molar-refractivity contribution in [2.45, 2.75) is 0 Å². The summed E-state index contributed by atoms with van der Waals surface area (Å²) in [5.74, 6) is 0. The molecule has 0 saturated carbocycles. The van der Waals surface area contributed by atoms with Crippen LogP contribution in [-0.4, -0.2) is 0 Å². The molecular formula is C8H5NaS. The normalized spacial score (nSPS) is 9.20. The Morgan fingerprint density at radius 1 is 1.20 bits per heavy atom. The zero-order valence-electron chi connectivity index (χ0n) is 5.79. The van der Waals surface area contributed by atoms with Crippen molar-refractivity contribution < 1.29 is 29.6 Å². The summed E-state index contributed by atoms with van der Waals surface area (Å²) in [5, 5.41) is 7.79. The standard InChI is InChI=1S/C8H5S.Na/c1-2-4-8-6-9-5-7(8)3-1;/h1-5H;/q-1;+1. The van der Waals surface area contributed by atoms with Crippen LogP contribution < -0.4 is 29.6 Å². The SMILES string of the molecule is [Na+].[c-]1scc2ccccc12. The molecule has 44 valence electrons. The van der Waals surface area contributed by atoms with Gasteiger partial charge in [-0.25, -0.2) is 0 Å².